The first kappa shape index (κ1) is 13.9. The van der Waals surface area contributed by atoms with Crippen LogP contribution in [0.3, 0.4) is 0 Å². The minimum absolute atomic E-state index is 0.151. The van der Waals surface area contributed by atoms with Crippen LogP contribution in [-0.2, 0) is 9.53 Å². The van der Waals surface area contributed by atoms with Gasteiger partial charge in [-0.3, -0.25) is 9.20 Å². The number of nitrogens with zero attached hydrogens (tertiary/aromatic N) is 3. The van der Waals surface area contributed by atoms with Crippen molar-refractivity contribution in [3.8, 4) is 0 Å². The molecule has 112 valence electrons. The van der Waals surface area contributed by atoms with Gasteiger partial charge in [0.2, 0.25) is 5.78 Å². The molecular formula is C15H20N4O2. The number of carbonyl (C=O) groups excluding carboxylic acids is 1. The van der Waals surface area contributed by atoms with Crippen molar-refractivity contribution >= 4 is 17.6 Å². The molecule has 2 heterocycles. The molecule has 1 aliphatic rings. The van der Waals surface area contributed by atoms with Gasteiger partial charge in [0.05, 0.1) is 5.69 Å². The highest BCUT2D eigenvalue weighted by Crippen LogP contribution is 2.36. The monoisotopic (exact) mass is 288 g/mol. The Labute approximate surface area is 123 Å². The van der Waals surface area contributed by atoms with Crippen molar-refractivity contribution in [2.75, 3.05) is 12.0 Å². The third-order valence-electron chi connectivity index (χ3n) is 3.94. The summed E-state index contributed by atoms with van der Waals surface area (Å²) >= 11 is 0. The predicted octanol–water partition coefficient (Wildman–Crippen LogP) is 2.71. The predicted molar refractivity (Wildman–Crippen MR) is 79.1 cm³/mol. The number of nitrogens with one attached hydrogen (secondary N) is 1. The van der Waals surface area contributed by atoms with Crippen molar-refractivity contribution in [2.24, 2.45) is 0 Å². The summed E-state index contributed by atoms with van der Waals surface area (Å²) in [5.74, 6) is 1.74. The Balaban J connectivity index is 1.91. The van der Waals surface area contributed by atoms with Crippen LogP contribution in [0.25, 0.3) is 5.78 Å². The fraction of sp³-hybridized carbons (Fsp3) is 0.533. The maximum absolute atomic E-state index is 10.9. The maximum Gasteiger partial charge on any atom is 0.304 e. The Hall–Kier alpha value is -2.11. The fourth-order valence-corrected chi connectivity index (χ4v) is 2.95. The molecule has 0 unspecified atom stereocenters. The van der Waals surface area contributed by atoms with E-state index in [0.717, 1.165) is 24.4 Å². The topological polar surface area (TPSA) is 68.5 Å². The molecule has 0 bridgehead atoms. The van der Waals surface area contributed by atoms with Crippen LogP contribution < -0.4 is 5.32 Å². The summed E-state index contributed by atoms with van der Waals surface area (Å²) in [5.41, 5.74) is 1.04. The molecular weight excluding hydrogens is 268 g/mol. The molecule has 0 radical (unpaired) electrons. The lowest BCUT2D eigenvalue weighted by molar-refractivity contribution is -0.140. The van der Waals surface area contributed by atoms with Crippen LogP contribution in [0.5, 0.6) is 0 Å². The minimum atomic E-state index is -0.298. The number of carbonyl (C=O) groups is 1. The van der Waals surface area contributed by atoms with E-state index in [1.807, 2.05) is 16.7 Å². The van der Waals surface area contributed by atoms with Crippen molar-refractivity contribution in [3.63, 3.8) is 0 Å². The van der Waals surface area contributed by atoms with Gasteiger partial charge in [0, 0.05) is 25.2 Å². The van der Waals surface area contributed by atoms with E-state index in [1.165, 1.54) is 26.2 Å². The van der Waals surface area contributed by atoms with E-state index in [4.69, 9.17) is 4.74 Å². The maximum atomic E-state index is 10.9. The molecule has 0 aliphatic heterocycles. The van der Waals surface area contributed by atoms with Gasteiger partial charge in [0.15, 0.2) is 6.73 Å². The summed E-state index contributed by atoms with van der Waals surface area (Å²) < 4.78 is 6.92. The average Bonchev–Trinajstić information content (AvgIpc) is 2.87. The molecule has 1 aliphatic carbocycles. The third-order valence-corrected chi connectivity index (χ3v) is 3.94. The summed E-state index contributed by atoms with van der Waals surface area (Å²) in [5, 5.41) is 3.18. The molecule has 0 amide bonds. The average molecular weight is 288 g/mol. The number of hydrogen-bond acceptors (Lipinski definition) is 5. The zero-order chi connectivity index (χ0) is 14.7. The van der Waals surface area contributed by atoms with E-state index in [1.54, 1.807) is 6.20 Å². The van der Waals surface area contributed by atoms with E-state index >= 15 is 0 Å². The number of anilines is 1. The molecule has 1 fully saturated rings. The Morgan fingerprint density at radius 2 is 2.24 bits per heavy atom. The minimum Gasteiger partial charge on any atom is -0.445 e. The van der Waals surface area contributed by atoms with E-state index in [0.29, 0.717) is 11.7 Å². The molecule has 0 atom stereocenters. The Morgan fingerprint density at radius 1 is 1.43 bits per heavy atom. The number of rotatable bonds is 4. The molecule has 6 heteroatoms. The van der Waals surface area contributed by atoms with Crippen molar-refractivity contribution < 1.29 is 9.53 Å². The van der Waals surface area contributed by atoms with Gasteiger partial charge in [0.25, 0.3) is 0 Å². The molecule has 3 rings (SSSR count). The van der Waals surface area contributed by atoms with Crippen LogP contribution in [0, 0.1) is 0 Å². The van der Waals surface area contributed by atoms with Crippen LogP contribution in [0.2, 0.25) is 0 Å². The van der Waals surface area contributed by atoms with Gasteiger partial charge in [-0.2, -0.15) is 0 Å². The zero-order valence-corrected chi connectivity index (χ0v) is 12.2. The van der Waals surface area contributed by atoms with E-state index in [9.17, 15) is 4.79 Å². The van der Waals surface area contributed by atoms with Crippen molar-refractivity contribution in [2.45, 2.75) is 44.9 Å². The van der Waals surface area contributed by atoms with Gasteiger partial charge in [-0.05, 0) is 18.9 Å². The molecule has 1 N–H and O–H groups in total. The number of hydrogen-bond donors (Lipinski definition) is 1. The van der Waals surface area contributed by atoms with Gasteiger partial charge in [-0.1, -0.05) is 19.3 Å². The van der Waals surface area contributed by atoms with E-state index < -0.39 is 0 Å². The summed E-state index contributed by atoms with van der Waals surface area (Å²) in [7, 11) is 0. The fourth-order valence-electron chi connectivity index (χ4n) is 2.95. The largest absolute Gasteiger partial charge is 0.445 e. The smallest absolute Gasteiger partial charge is 0.304 e. The van der Waals surface area contributed by atoms with Crippen LogP contribution in [-0.4, -0.2) is 27.1 Å². The van der Waals surface area contributed by atoms with Gasteiger partial charge < -0.3 is 10.1 Å². The second kappa shape index (κ2) is 6.11. The Kier molecular flexibility index (Phi) is 4.03. The highest BCUT2D eigenvalue weighted by atomic mass is 16.5. The zero-order valence-electron chi connectivity index (χ0n) is 12.2. The molecule has 21 heavy (non-hydrogen) atoms. The molecule has 0 saturated heterocycles. The third kappa shape index (κ3) is 2.99. The molecule has 0 spiro atoms. The first-order chi connectivity index (χ1) is 10.3. The van der Waals surface area contributed by atoms with Crippen LogP contribution in [0.15, 0.2) is 18.5 Å². The molecule has 2 aromatic heterocycles. The SMILES string of the molecule is CC(=O)OCNc1c(C2CCCCC2)nc2ncccn12. The second-order valence-corrected chi connectivity index (χ2v) is 5.43. The van der Waals surface area contributed by atoms with Gasteiger partial charge in [0.1, 0.15) is 5.82 Å². The van der Waals surface area contributed by atoms with Crippen molar-refractivity contribution in [1.82, 2.24) is 14.4 Å². The van der Waals surface area contributed by atoms with Crippen LogP contribution in [0.1, 0.15) is 50.6 Å². The van der Waals surface area contributed by atoms with Gasteiger partial charge in [-0.25, -0.2) is 9.97 Å². The van der Waals surface area contributed by atoms with Crippen molar-refractivity contribution in [1.29, 1.82) is 0 Å². The number of fused-ring (bicyclic) bond motifs is 1. The van der Waals surface area contributed by atoms with Crippen LogP contribution in [0.4, 0.5) is 5.82 Å². The number of imidazole rings is 1. The number of ether oxygens (including phenoxy) is 1. The lowest BCUT2D eigenvalue weighted by atomic mass is 9.87. The quantitative estimate of drug-likeness (QED) is 0.692. The van der Waals surface area contributed by atoms with Crippen LogP contribution >= 0.6 is 0 Å². The Bertz CT molecular complexity index is 632. The highest BCUT2D eigenvalue weighted by Gasteiger charge is 2.23. The lowest BCUT2D eigenvalue weighted by Gasteiger charge is -2.21. The van der Waals surface area contributed by atoms with E-state index in [2.05, 4.69) is 15.3 Å². The number of aromatic nitrogens is 3. The summed E-state index contributed by atoms with van der Waals surface area (Å²) in [4.78, 5) is 19.9. The van der Waals surface area contributed by atoms with Crippen molar-refractivity contribution in [3.05, 3.63) is 24.2 Å². The summed E-state index contributed by atoms with van der Waals surface area (Å²) in [6.07, 6.45) is 9.78. The summed E-state index contributed by atoms with van der Waals surface area (Å²) in [6.45, 7) is 1.55. The molecule has 1 saturated carbocycles. The van der Waals surface area contributed by atoms with Gasteiger partial charge >= 0.3 is 5.97 Å². The first-order valence-corrected chi connectivity index (χ1v) is 7.46. The highest BCUT2D eigenvalue weighted by molar-refractivity contribution is 5.66. The molecule has 2 aromatic rings. The normalized spacial score (nSPS) is 16.0. The molecule has 0 aromatic carbocycles. The standard InChI is InChI=1S/C15H20N4O2/c1-11(20)21-10-17-14-13(12-6-3-2-4-7-12)18-15-16-8-5-9-19(14)15/h5,8-9,12,17H,2-4,6-7,10H2,1H3. The first-order valence-electron chi connectivity index (χ1n) is 7.46. The number of esters is 1. The van der Waals surface area contributed by atoms with Gasteiger partial charge in [-0.15, -0.1) is 0 Å². The second-order valence-electron chi connectivity index (χ2n) is 5.43. The lowest BCUT2D eigenvalue weighted by Crippen LogP contribution is -2.14. The Morgan fingerprint density at radius 3 is 3.00 bits per heavy atom. The summed E-state index contributed by atoms with van der Waals surface area (Å²) in [6, 6.07) is 1.87. The van der Waals surface area contributed by atoms with E-state index in [-0.39, 0.29) is 12.7 Å². The molecule has 6 nitrogen and oxygen atoms in total.